The molecule has 0 amide bonds. The van der Waals surface area contributed by atoms with Gasteiger partial charge in [0.25, 0.3) is 0 Å². The molecule has 22 rings (SSSR count). The molecule has 0 radical (unpaired) electrons. The summed E-state index contributed by atoms with van der Waals surface area (Å²) in [5.74, 6) is 13.4. The summed E-state index contributed by atoms with van der Waals surface area (Å²) in [4.78, 5) is 9.01. The van der Waals surface area contributed by atoms with Gasteiger partial charge in [0.05, 0.1) is 71.9 Å². The van der Waals surface area contributed by atoms with Crippen molar-refractivity contribution in [3.05, 3.63) is 243 Å². The van der Waals surface area contributed by atoms with Gasteiger partial charge in [-0.25, -0.2) is 0 Å². The molecule has 0 N–H and O–H groups in total. The van der Waals surface area contributed by atoms with Crippen molar-refractivity contribution in [3.8, 4) is 171 Å². The first-order chi connectivity index (χ1) is 56.3. The number of rotatable bonds is 20. The van der Waals surface area contributed by atoms with Crippen molar-refractivity contribution in [1.82, 2.24) is 0 Å². The van der Waals surface area contributed by atoms with Crippen LogP contribution in [-0.4, -0.2) is 26.4 Å². The quantitative estimate of drug-likeness (QED) is 0.0672. The Hall–Kier alpha value is -13.9. The van der Waals surface area contributed by atoms with Gasteiger partial charge in [-0.05, 0) is 205 Å². The molecule has 2 aliphatic carbocycles. The molecule has 0 aromatic heterocycles. The molecular weight excluding hydrogens is 1430 g/mol. The standard InChI is InChI=1S/C98H76N4O12/c1-5-9-41-103-87-53-71-91(111-83-37-21-33-79-95(83)99(71)67-25-13-17-29-75(67)107-79)49-59(87)57-45-58(60-50-92-72(54-88(60)104-42-10-6-2)100-68-26-14-18-30-76(68)108-80-34-22-38-84(112-92)96(80)100)47-62-61(46-57)63(65-51-93-73(55-89(65)105-43-11-7-3)101-69-27-15-19-31-77(69)109-81-35-23-39-85(113-93)97(81)101)48-64(62)66-52-94-74(56-90(66)106-44-12-8-4)102-70-28-16-20-32-78(70)110-82-36-24-40-86(114-94)98(82)102/h13-40,45-56H,5-12,41-44H2,1-4H3. The van der Waals surface area contributed by atoms with Crippen LogP contribution in [0, 0.1) is 0 Å². The molecule has 8 aliphatic heterocycles. The summed E-state index contributed by atoms with van der Waals surface area (Å²) >= 11 is 0. The average molecular weight is 1500 g/mol. The number of hydrogen-bond acceptors (Lipinski definition) is 16. The van der Waals surface area contributed by atoms with Crippen LogP contribution in [0.15, 0.2) is 243 Å². The molecule has 0 atom stereocenters. The molecule has 0 spiro atoms. The molecule has 12 aromatic carbocycles. The van der Waals surface area contributed by atoms with E-state index < -0.39 is 0 Å². The van der Waals surface area contributed by atoms with E-state index >= 15 is 0 Å². The van der Waals surface area contributed by atoms with Gasteiger partial charge in [-0.3, -0.25) is 19.6 Å². The minimum Gasteiger partial charge on any atom is -0.493 e. The summed E-state index contributed by atoms with van der Waals surface area (Å²) in [5, 5.41) is 0. The lowest BCUT2D eigenvalue weighted by atomic mass is 9.96. The molecule has 0 unspecified atom stereocenters. The van der Waals surface area contributed by atoms with Gasteiger partial charge in [-0.2, -0.15) is 0 Å². The van der Waals surface area contributed by atoms with Crippen LogP contribution in [0.1, 0.15) is 79.1 Å². The highest BCUT2D eigenvalue weighted by Crippen LogP contribution is 2.68. The SMILES string of the molecule is CCCCOc1cc2c(cc1-c1cc(-c3cc4c(cc3OCCCC)N3c5ccccc5Oc5cccc(c53)O4)cc3c(-c4cc5c(cc4OCCCC)N4c6ccccc6Oc6cccc(c64)O5)cc(-c4cc5c(cc4OCCCC)N4c6ccccc6Oc6cccc(c64)O5)c-3c1)Oc1cccc3c1N2c1ccccc1O3. The van der Waals surface area contributed by atoms with Gasteiger partial charge in [0.15, 0.2) is 92.0 Å². The molecule has 8 heterocycles. The maximum absolute atomic E-state index is 7.32. The molecule has 12 aromatic rings. The second kappa shape index (κ2) is 27.0. The predicted octanol–water partition coefficient (Wildman–Crippen LogP) is 28.9. The van der Waals surface area contributed by atoms with Gasteiger partial charge in [-0.15, -0.1) is 0 Å². The number of nitrogens with zero attached hydrogens (tertiary/aromatic N) is 4. The first-order valence-electron chi connectivity index (χ1n) is 39.7. The topological polar surface area (TPSA) is 124 Å². The van der Waals surface area contributed by atoms with Crippen LogP contribution in [0.25, 0.3) is 55.6 Å². The van der Waals surface area contributed by atoms with Crippen LogP contribution in [0.2, 0.25) is 0 Å². The van der Waals surface area contributed by atoms with E-state index in [1.807, 2.05) is 146 Å². The highest BCUT2D eigenvalue weighted by atomic mass is 16.5. The number of ether oxygens (including phenoxy) is 12. The van der Waals surface area contributed by atoms with Gasteiger partial charge in [-0.1, -0.05) is 126 Å². The zero-order valence-electron chi connectivity index (χ0n) is 63.3. The van der Waals surface area contributed by atoms with E-state index in [1.165, 1.54) is 0 Å². The highest BCUT2D eigenvalue weighted by Gasteiger charge is 2.42. The summed E-state index contributed by atoms with van der Waals surface area (Å²) in [6.07, 6.45) is 6.87. The Bertz CT molecular complexity index is 5920. The minimum atomic E-state index is 0.442. The van der Waals surface area contributed by atoms with E-state index in [4.69, 9.17) is 56.8 Å². The third kappa shape index (κ3) is 10.7. The van der Waals surface area contributed by atoms with E-state index in [2.05, 4.69) is 144 Å². The maximum atomic E-state index is 7.32. The van der Waals surface area contributed by atoms with Crippen LogP contribution in [0.3, 0.4) is 0 Å². The highest BCUT2D eigenvalue weighted by molar-refractivity contribution is 6.07. The van der Waals surface area contributed by atoms with Crippen molar-refractivity contribution in [3.63, 3.8) is 0 Å². The normalized spacial score (nSPS) is 13.5. The zero-order chi connectivity index (χ0) is 75.8. The number of benzene rings is 12. The fourth-order valence-corrected chi connectivity index (χ4v) is 17.0. The first-order valence-corrected chi connectivity index (χ1v) is 39.7. The van der Waals surface area contributed by atoms with E-state index in [0.29, 0.717) is 118 Å². The van der Waals surface area contributed by atoms with E-state index in [9.17, 15) is 0 Å². The number of para-hydroxylation sites is 12. The molecule has 560 valence electrons. The third-order valence-corrected chi connectivity index (χ3v) is 22.4. The van der Waals surface area contributed by atoms with Gasteiger partial charge >= 0.3 is 0 Å². The van der Waals surface area contributed by atoms with Crippen molar-refractivity contribution < 1.29 is 56.8 Å². The van der Waals surface area contributed by atoms with E-state index in [-0.39, 0.29) is 0 Å². The summed E-state index contributed by atoms with van der Waals surface area (Å²) in [7, 11) is 0. The van der Waals surface area contributed by atoms with Crippen LogP contribution in [-0.2, 0) is 0 Å². The lowest BCUT2D eigenvalue weighted by molar-refractivity contribution is 0.310. The average Bonchev–Trinajstić information content (AvgIpc) is 1.13. The molecule has 0 bridgehead atoms. The Morgan fingerprint density at radius 2 is 0.430 bits per heavy atom. The summed E-state index contributed by atoms with van der Waals surface area (Å²) in [6, 6.07) is 83.0. The molecule has 10 aliphatic rings. The van der Waals surface area contributed by atoms with Crippen molar-refractivity contribution in [2.75, 3.05) is 46.0 Å². The molecular formula is C98H76N4O12. The van der Waals surface area contributed by atoms with Gasteiger partial charge < -0.3 is 56.8 Å². The molecule has 0 fully saturated rings. The first kappa shape index (κ1) is 67.1. The molecule has 0 saturated carbocycles. The summed E-state index contributed by atoms with van der Waals surface area (Å²) < 4.78 is 84.8. The lowest BCUT2D eigenvalue weighted by Crippen LogP contribution is -2.20. The Labute approximate surface area is 659 Å². The van der Waals surface area contributed by atoms with Gasteiger partial charge in [0.2, 0.25) is 0 Å². The molecule has 114 heavy (non-hydrogen) atoms. The largest absolute Gasteiger partial charge is 0.493 e. The minimum absolute atomic E-state index is 0.442. The molecule has 0 saturated heterocycles. The Morgan fingerprint density at radius 1 is 0.202 bits per heavy atom. The second-order valence-corrected chi connectivity index (χ2v) is 29.7. The molecule has 16 heteroatoms. The van der Waals surface area contributed by atoms with Gasteiger partial charge in [0.1, 0.15) is 45.7 Å². The Morgan fingerprint density at radius 3 is 0.702 bits per heavy atom. The smallest absolute Gasteiger partial charge is 0.155 e. The fraction of sp³-hybridized carbons (Fsp3) is 0.163. The molecule has 16 nitrogen and oxygen atoms in total. The fourth-order valence-electron chi connectivity index (χ4n) is 17.0. The van der Waals surface area contributed by atoms with Crippen molar-refractivity contribution in [2.45, 2.75) is 79.1 Å². The van der Waals surface area contributed by atoms with Crippen LogP contribution in [0.5, 0.6) is 115 Å². The van der Waals surface area contributed by atoms with Crippen LogP contribution in [0.4, 0.5) is 68.2 Å². The Kier molecular flexibility index (Phi) is 15.9. The lowest BCUT2D eigenvalue weighted by Gasteiger charge is -2.38. The van der Waals surface area contributed by atoms with Crippen molar-refractivity contribution in [1.29, 1.82) is 0 Å². The summed E-state index contributed by atoms with van der Waals surface area (Å²) in [5.41, 5.74) is 18.3. The number of hydrogen-bond donors (Lipinski definition) is 0. The monoisotopic (exact) mass is 1500 g/mol. The maximum Gasteiger partial charge on any atom is 0.155 e. The predicted molar refractivity (Wildman–Crippen MR) is 446 cm³/mol. The van der Waals surface area contributed by atoms with Crippen molar-refractivity contribution in [2.24, 2.45) is 0 Å². The number of unbranched alkanes of at least 4 members (excludes halogenated alkanes) is 4. The second-order valence-electron chi connectivity index (χ2n) is 29.7. The summed E-state index contributed by atoms with van der Waals surface area (Å²) in [6.45, 7) is 10.5. The van der Waals surface area contributed by atoms with E-state index in [0.717, 1.165) is 198 Å². The van der Waals surface area contributed by atoms with Crippen molar-refractivity contribution >= 4 is 68.2 Å². The van der Waals surface area contributed by atoms with Crippen LogP contribution < -0.4 is 76.4 Å². The zero-order valence-corrected chi connectivity index (χ0v) is 63.3. The number of fused-ring (bicyclic) bond motifs is 17. The Balaban J connectivity index is 0.846. The van der Waals surface area contributed by atoms with Crippen LogP contribution >= 0.6 is 0 Å². The number of anilines is 12. The van der Waals surface area contributed by atoms with E-state index in [1.54, 1.807) is 0 Å². The van der Waals surface area contributed by atoms with Gasteiger partial charge in [0, 0.05) is 46.5 Å². The third-order valence-electron chi connectivity index (χ3n) is 22.4.